The van der Waals surface area contributed by atoms with Crippen molar-refractivity contribution in [1.82, 2.24) is 4.57 Å². The quantitative estimate of drug-likeness (QED) is 0.755. The summed E-state index contributed by atoms with van der Waals surface area (Å²) in [5.74, 6) is 0.367. The van der Waals surface area contributed by atoms with Crippen LogP contribution >= 0.6 is 0 Å². The Bertz CT molecular complexity index is 747. The van der Waals surface area contributed by atoms with Crippen molar-refractivity contribution in [2.75, 3.05) is 0 Å². The van der Waals surface area contributed by atoms with Crippen molar-refractivity contribution in [3.05, 3.63) is 40.2 Å². The van der Waals surface area contributed by atoms with Crippen molar-refractivity contribution in [2.24, 2.45) is 7.05 Å². The Hall–Kier alpha value is -1.85. The third kappa shape index (κ3) is 1.60. The van der Waals surface area contributed by atoms with E-state index in [1.807, 2.05) is 24.3 Å². The molecule has 0 bridgehead atoms. The average Bonchev–Trinajstić information content (AvgIpc) is 2.42. The monoisotopic (exact) mass is 275 g/mol. The highest BCUT2D eigenvalue weighted by atomic mass is 16.5. The highest BCUT2D eigenvalue weighted by Crippen LogP contribution is 2.41. The third-order valence-electron chi connectivity index (χ3n) is 3.96. The zero-order valence-electron chi connectivity index (χ0n) is 11.6. The van der Waals surface area contributed by atoms with Gasteiger partial charge in [-0.1, -0.05) is 12.1 Å². The van der Waals surface area contributed by atoms with Gasteiger partial charge in [-0.15, -0.1) is 0 Å². The first-order chi connectivity index (χ1) is 9.34. The third-order valence-corrected chi connectivity index (χ3v) is 3.96. The van der Waals surface area contributed by atoms with Crippen LogP contribution in [-0.2, 0) is 7.05 Å². The van der Waals surface area contributed by atoms with E-state index in [2.05, 4.69) is 0 Å². The fourth-order valence-corrected chi connectivity index (χ4v) is 2.72. The van der Waals surface area contributed by atoms with Crippen LogP contribution in [0.1, 0.15) is 25.5 Å². The topological polar surface area (TPSA) is 71.7 Å². The molecule has 106 valence electrons. The molecule has 3 rings (SSSR count). The number of benzene rings is 1. The first-order valence-corrected chi connectivity index (χ1v) is 6.51. The molecule has 0 radical (unpaired) electrons. The minimum atomic E-state index is -1.25. The molecule has 0 fully saturated rings. The van der Waals surface area contributed by atoms with E-state index in [9.17, 15) is 15.0 Å². The number of hydrogen-bond acceptors (Lipinski definition) is 4. The smallest absolute Gasteiger partial charge is 0.260 e. The lowest BCUT2D eigenvalue weighted by atomic mass is 9.88. The maximum Gasteiger partial charge on any atom is 0.260 e. The zero-order chi connectivity index (χ0) is 14.7. The van der Waals surface area contributed by atoms with Gasteiger partial charge in [0.2, 0.25) is 0 Å². The summed E-state index contributed by atoms with van der Waals surface area (Å²) in [5, 5.41) is 21.2. The summed E-state index contributed by atoms with van der Waals surface area (Å²) in [7, 11) is 1.64. The first-order valence-electron chi connectivity index (χ1n) is 6.51. The second-order valence-corrected chi connectivity index (χ2v) is 5.72. The maximum absolute atomic E-state index is 12.4. The minimum absolute atomic E-state index is 0.123. The second-order valence-electron chi connectivity index (χ2n) is 5.72. The van der Waals surface area contributed by atoms with Crippen LogP contribution in [0, 0.1) is 0 Å². The van der Waals surface area contributed by atoms with Crippen LogP contribution in [0.15, 0.2) is 29.1 Å². The molecule has 0 spiro atoms. The lowest BCUT2D eigenvalue weighted by Crippen LogP contribution is -2.50. The Morgan fingerprint density at radius 1 is 1.25 bits per heavy atom. The van der Waals surface area contributed by atoms with Gasteiger partial charge in [-0.3, -0.25) is 4.79 Å². The minimum Gasteiger partial charge on any atom is -0.484 e. The van der Waals surface area contributed by atoms with Gasteiger partial charge in [0.1, 0.15) is 23.6 Å². The lowest BCUT2D eigenvalue weighted by Gasteiger charge is -2.40. The molecule has 0 saturated carbocycles. The van der Waals surface area contributed by atoms with Gasteiger partial charge in [0.25, 0.3) is 5.56 Å². The van der Waals surface area contributed by atoms with Crippen LogP contribution in [0.5, 0.6) is 5.75 Å². The molecule has 20 heavy (non-hydrogen) atoms. The predicted octanol–water partition coefficient (Wildman–Crippen LogP) is 1.10. The van der Waals surface area contributed by atoms with Crippen molar-refractivity contribution >= 4 is 10.9 Å². The van der Waals surface area contributed by atoms with Gasteiger partial charge in [0, 0.05) is 12.4 Å². The van der Waals surface area contributed by atoms with E-state index >= 15 is 0 Å². The summed E-state index contributed by atoms with van der Waals surface area (Å²) in [6, 6.07) is 7.35. The number of hydrogen-bond donors (Lipinski definition) is 2. The van der Waals surface area contributed by atoms with Gasteiger partial charge in [0.15, 0.2) is 0 Å². The van der Waals surface area contributed by atoms with E-state index < -0.39 is 17.8 Å². The number of nitrogens with zero attached hydrogens (tertiary/aromatic N) is 1. The van der Waals surface area contributed by atoms with Crippen LogP contribution in [-0.4, -0.2) is 26.5 Å². The summed E-state index contributed by atoms with van der Waals surface area (Å²) in [6.45, 7) is 3.38. The van der Waals surface area contributed by atoms with Gasteiger partial charge in [-0.2, -0.15) is 0 Å². The van der Waals surface area contributed by atoms with Crippen molar-refractivity contribution in [2.45, 2.75) is 31.7 Å². The highest BCUT2D eigenvalue weighted by molar-refractivity contribution is 5.87. The van der Waals surface area contributed by atoms with Crippen LogP contribution in [0.25, 0.3) is 10.9 Å². The van der Waals surface area contributed by atoms with Gasteiger partial charge >= 0.3 is 0 Å². The number of aliphatic hydroxyl groups excluding tert-OH is 2. The second kappa shape index (κ2) is 4.07. The molecular formula is C15H17NO4. The number of aliphatic hydroxyl groups is 2. The summed E-state index contributed by atoms with van der Waals surface area (Å²) >= 11 is 0. The van der Waals surface area contributed by atoms with Gasteiger partial charge in [-0.25, -0.2) is 0 Å². The van der Waals surface area contributed by atoms with Crippen LogP contribution in [0.3, 0.4) is 0 Å². The largest absolute Gasteiger partial charge is 0.484 e. The molecule has 0 saturated heterocycles. The van der Waals surface area contributed by atoms with Crippen molar-refractivity contribution < 1.29 is 14.9 Å². The fourth-order valence-electron chi connectivity index (χ4n) is 2.72. The summed E-state index contributed by atoms with van der Waals surface area (Å²) in [6.07, 6.45) is -2.40. The molecule has 1 aromatic carbocycles. The molecule has 1 aliphatic heterocycles. The summed E-state index contributed by atoms with van der Waals surface area (Å²) in [5.41, 5.74) is -0.448. The number of para-hydroxylation sites is 1. The van der Waals surface area contributed by atoms with Crippen LogP contribution in [0.2, 0.25) is 0 Å². The lowest BCUT2D eigenvalue weighted by molar-refractivity contribution is -0.111. The van der Waals surface area contributed by atoms with E-state index in [1.54, 1.807) is 20.9 Å². The Morgan fingerprint density at radius 3 is 2.60 bits per heavy atom. The molecule has 0 aliphatic carbocycles. The van der Waals surface area contributed by atoms with Gasteiger partial charge in [-0.05, 0) is 26.0 Å². The number of fused-ring (bicyclic) bond motifs is 3. The number of pyridine rings is 1. The normalized spacial score (nSPS) is 24.2. The molecule has 2 unspecified atom stereocenters. The van der Waals surface area contributed by atoms with Crippen LogP contribution < -0.4 is 10.3 Å². The van der Waals surface area contributed by atoms with Crippen molar-refractivity contribution in [3.63, 3.8) is 0 Å². The molecule has 1 aliphatic rings. The van der Waals surface area contributed by atoms with E-state index in [0.717, 1.165) is 10.9 Å². The molecule has 1 aromatic heterocycles. The van der Waals surface area contributed by atoms with Gasteiger partial charge < -0.3 is 19.5 Å². The van der Waals surface area contributed by atoms with Crippen molar-refractivity contribution in [3.8, 4) is 5.75 Å². The SMILES string of the molecule is Cn1c(=O)c2c(c3ccccc31)OC(C)(C)C(O)C2O. The molecule has 5 nitrogen and oxygen atoms in total. The zero-order valence-corrected chi connectivity index (χ0v) is 11.6. The first kappa shape index (κ1) is 13.1. The standard InChI is InChI=1S/C15H17NO4/c1-15(2)13(18)11(17)10-12(20-15)8-6-4-5-7-9(8)16(3)14(10)19/h4-7,11,13,17-18H,1-3H3. The highest BCUT2D eigenvalue weighted by Gasteiger charge is 2.44. The molecule has 2 heterocycles. The fraction of sp³-hybridized carbons (Fsp3) is 0.400. The van der Waals surface area contributed by atoms with E-state index in [-0.39, 0.29) is 11.1 Å². The Balaban J connectivity index is 2.45. The molecule has 2 aromatic rings. The molecule has 5 heteroatoms. The number of aromatic nitrogens is 1. The van der Waals surface area contributed by atoms with E-state index in [4.69, 9.17) is 4.74 Å². The molecule has 2 N–H and O–H groups in total. The predicted molar refractivity (Wildman–Crippen MR) is 74.9 cm³/mol. The summed E-state index contributed by atoms with van der Waals surface area (Å²) < 4.78 is 7.29. The average molecular weight is 275 g/mol. The van der Waals surface area contributed by atoms with E-state index in [1.165, 1.54) is 4.57 Å². The molecular weight excluding hydrogens is 258 g/mol. The molecule has 0 amide bonds. The maximum atomic E-state index is 12.4. The number of ether oxygens (including phenoxy) is 1. The Morgan fingerprint density at radius 2 is 1.90 bits per heavy atom. The summed E-state index contributed by atoms with van der Waals surface area (Å²) in [4.78, 5) is 12.4. The molecule has 2 atom stereocenters. The van der Waals surface area contributed by atoms with Crippen LogP contribution in [0.4, 0.5) is 0 Å². The number of aryl methyl sites for hydroxylation is 1. The van der Waals surface area contributed by atoms with E-state index in [0.29, 0.717) is 5.75 Å². The number of rotatable bonds is 0. The Kier molecular flexibility index (Phi) is 2.68. The van der Waals surface area contributed by atoms with Gasteiger partial charge in [0.05, 0.1) is 11.1 Å². The van der Waals surface area contributed by atoms with Crippen molar-refractivity contribution in [1.29, 1.82) is 0 Å². The Labute approximate surface area is 116 Å².